The maximum absolute atomic E-state index is 12.7. The Morgan fingerprint density at radius 1 is 1.21 bits per heavy atom. The highest BCUT2D eigenvalue weighted by molar-refractivity contribution is 6.09. The van der Waals surface area contributed by atoms with Gasteiger partial charge in [0.05, 0.1) is 7.11 Å². The van der Waals surface area contributed by atoms with E-state index in [0.717, 1.165) is 22.9 Å². The Morgan fingerprint density at radius 3 is 2.67 bits per heavy atom. The molecule has 2 aromatic carbocycles. The van der Waals surface area contributed by atoms with Crippen molar-refractivity contribution in [3.63, 3.8) is 0 Å². The lowest BCUT2D eigenvalue weighted by molar-refractivity contribution is -0.173. The van der Waals surface area contributed by atoms with Gasteiger partial charge >= 0.3 is 5.97 Å². The summed E-state index contributed by atoms with van der Waals surface area (Å²) in [5.41, 5.74) is -2.05. The standard InChI is InChI=1S/C19H19NO4/c1-12(21)18-10-5-11-20(18)15-9-8-13-6-3-4-7-14(13)16(15)19(18,23)17(22)24-2/h3-4,6-9,23H,5,10-11H2,1-2H3/t18-,19+/m1/s1. The molecule has 0 radical (unpaired) electrons. The highest BCUT2D eigenvalue weighted by Crippen LogP contribution is 2.58. The second-order valence-electron chi connectivity index (χ2n) is 6.55. The summed E-state index contributed by atoms with van der Waals surface area (Å²) in [6.07, 6.45) is 1.17. The normalized spacial score (nSPS) is 27.9. The summed E-state index contributed by atoms with van der Waals surface area (Å²) in [7, 11) is 1.25. The van der Waals surface area contributed by atoms with E-state index in [1.165, 1.54) is 14.0 Å². The van der Waals surface area contributed by atoms with E-state index in [4.69, 9.17) is 4.74 Å². The van der Waals surface area contributed by atoms with Crippen molar-refractivity contribution in [2.24, 2.45) is 0 Å². The van der Waals surface area contributed by atoms with E-state index in [9.17, 15) is 14.7 Å². The van der Waals surface area contributed by atoms with Gasteiger partial charge in [0.2, 0.25) is 5.60 Å². The van der Waals surface area contributed by atoms with Crippen molar-refractivity contribution < 1.29 is 19.4 Å². The topological polar surface area (TPSA) is 66.8 Å². The van der Waals surface area contributed by atoms with E-state index >= 15 is 0 Å². The van der Waals surface area contributed by atoms with Crippen molar-refractivity contribution in [1.29, 1.82) is 0 Å². The molecule has 0 aliphatic carbocycles. The number of hydrogen-bond acceptors (Lipinski definition) is 5. The molecule has 2 aliphatic rings. The van der Waals surface area contributed by atoms with Gasteiger partial charge in [0.1, 0.15) is 5.54 Å². The first-order valence-electron chi connectivity index (χ1n) is 8.10. The number of fused-ring (bicyclic) bond motifs is 5. The van der Waals surface area contributed by atoms with Gasteiger partial charge in [0.15, 0.2) is 5.78 Å². The molecule has 5 heteroatoms. The third-order valence-corrected chi connectivity index (χ3v) is 5.60. The maximum Gasteiger partial charge on any atom is 0.345 e. The van der Waals surface area contributed by atoms with Crippen LogP contribution in [-0.4, -0.2) is 36.1 Å². The Morgan fingerprint density at radius 2 is 1.96 bits per heavy atom. The number of ether oxygens (including phenoxy) is 1. The quantitative estimate of drug-likeness (QED) is 0.857. The summed E-state index contributed by atoms with van der Waals surface area (Å²) in [5.74, 6) is -0.993. The van der Waals surface area contributed by atoms with Gasteiger partial charge in [-0.05, 0) is 36.6 Å². The van der Waals surface area contributed by atoms with E-state index in [-0.39, 0.29) is 5.78 Å². The number of rotatable bonds is 2. The van der Waals surface area contributed by atoms with Gasteiger partial charge in [0, 0.05) is 17.8 Å². The highest BCUT2D eigenvalue weighted by Gasteiger charge is 2.70. The molecular weight excluding hydrogens is 306 g/mol. The number of hydrogen-bond donors (Lipinski definition) is 1. The summed E-state index contributed by atoms with van der Waals surface area (Å²) in [4.78, 5) is 27.3. The molecule has 5 nitrogen and oxygen atoms in total. The van der Waals surface area contributed by atoms with Crippen molar-refractivity contribution in [3.8, 4) is 0 Å². The predicted octanol–water partition coefficient (Wildman–Crippen LogP) is 2.14. The summed E-state index contributed by atoms with van der Waals surface area (Å²) >= 11 is 0. The molecule has 0 unspecified atom stereocenters. The summed E-state index contributed by atoms with van der Waals surface area (Å²) < 4.78 is 4.96. The number of esters is 1. The smallest absolute Gasteiger partial charge is 0.345 e. The molecule has 0 spiro atoms. The van der Waals surface area contributed by atoms with E-state index in [0.29, 0.717) is 18.5 Å². The molecule has 2 heterocycles. The van der Waals surface area contributed by atoms with Gasteiger partial charge in [-0.3, -0.25) is 4.79 Å². The second-order valence-corrected chi connectivity index (χ2v) is 6.55. The number of methoxy groups -OCH3 is 1. The molecule has 24 heavy (non-hydrogen) atoms. The van der Waals surface area contributed by atoms with Crippen LogP contribution in [0, 0.1) is 0 Å². The summed E-state index contributed by atoms with van der Waals surface area (Å²) in [6, 6.07) is 11.4. The van der Waals surface area contributed by atoms with Gasteiger partial charge in [-0.1, -0.05) is 30.3 Å². The van der Waals surface area contributed by atoms with Crippen LogP contribution in [0.2, 0.25) is 0 Å². The van der Waals surface area contributed by atoms with Crippen molar-refractivity contribution in [2.45, 2.75) is 30.9 Å². The van der Waals surface area contributed by atoms with E-state index in [1.54, 1.807) is 0 Å². The molecule has 0 aromatic heterocycles. The molecule has 1 N–H and O–H groups in total. The third-order valence-electron chi connectivity index (χ3n) is 5.60. The lowest BCUT2D eigenvalue weighted by Gasteiger charge is -2.40. The minimum atomic E-state index is -2.00. The molecule has 1 fully saturated rings. The fraction of sp³-hybridized carbons (Fsp3) is 0.368. The average Bonchev–Trinajstić information content (AvgIpc) is 3.13. The molecule has 4 rings (SSSR count). The van der Waals surface area contributed by atoms with Crippen molar-refractivity contribution in [3.05, 3.63) is 42.0 Å². The minimum Gasteiger partial charge on any atom is -0.467 e. The van der Waals surface area contributed by atoms with Crippen LogP contribution >= 0.6 is 0 Å². The maximum atomic E-state index is 12.7. The van der Waals surface area contributed by atoms with Crippen molar-refractivity contribution in [1.82, 2.24) is 0 Å². The van der Waals surface area contributed by atoms with Gasteiger partial charge in [0.25, 0.3) is 0 Å². The third kappa shape index (κ3) is 1.48. The number of anilines is 1. The van der Waals surface area contributed by atoms with Gasteiger partial charge in [-0.2, -0.15) is 0 Å². The monoisotopic (exact) mass is 325 g/mol. The highest BCUT2D eigenvalue weighted by atomic mass is 16.5. The Hall–Kier alpha value is -2.40. The number of ketones is 1. The lowest BCUT2D eigenvalue weighted by Crippen LogP contribution is -2.63. The molecule has 2 aromatic rings. The predicted molar refractivity (Wildman–Crippen MR) is 89.9 cm³/mol. The number of benzene rings is 2. The number of aliphatic hydroxyl groups is 1. The largest absolute Gasteiger partial charge is 0.467 e. The van der Waals surface area contributed by atoms with Gasteiger partial charge in [-0.25, -0.2) is 4.79 Å². The van der Waals surface area contributed by atoms with Crippen LogP contribution in [0.15, 0.2) is 36.4 Å². The van der Waals surface area contributed by atoms with Gasteiger partial charge < -0.3 is 14.7 Å². The number of carbonyl (C=O) groups excluding carboxylic acids is 2. The van der Waals surface area contributed by atoms with E-state index in [2.05, 4.69) is 0 Å². The first kappa shape index (κ1) is 15.1. The van der Waals surface area contributed by atoms with Gasteiger partial charge in [-0.15, -0.1) is 0 Å². The number of Topliss-reactive ketones (excluding diaryl/α,β-unsaturated/α-hetero) is 1. The summed E-state index contributed by atoms with van der Waals surface area (Å²) in [5, 5.41) is 13.4. The first-order valence-corrected chi connectivity index (χ1v) is 8.10. The van der Waals surface area contributed by atoms with Crippen LogP contribution in [0.3, 0.4) is 0 Å². The SMILES string of the molecule is COC(=O)[C@@]1(O)c2c(ccc3ccccc23)N2CCC[C@]21C(C)=O. The molecule has 2 aliphatic heterocycles. The Kier molecular flexibility index (Phi) is 3.03. The van der Waals surface area contributed by atoms with Crippen molar-refractivity contribution in [2.75, 3.05) is 18.6 Å². The van der Waals surface area contributed by atoms with Crippen LogP contribution in [0.1, 0.15) is 25.3 Å². The molecule has 0 amide bonds. The molecule has 0 bridgehead atoms. The summed E-state index contributed by atoms with van der Waals surface area (Å²) in [6.45, 7) is 2.07. The fourth-order valence-corrected chi connectivity index (χ4v) is 4.63. The molecular formula is C19H19NO4. The number of nitrogens with zero attached hydrogens (tertiary/aromatic N) is 1. The molecule has 2 atom stereocenters. The molecule has 0 saturated carbocycles. The Balaban J connectivity index is 2.15. The Labute approximate surface area is 139 Å². The van der Waals surface area contributed by atoms with E-state index in [1.807, 2.05) is 41.3 Å². The zero-order chi connectivity index (χ0) is 17.1. The van der Waals surface area contributed by atoms with Crippen LogP contribution in [-0.2, 0) is 19.9 Å². The van der Waals surface area contributed by atoms with Crippen LogP contribution in [0.4, 0.5) is 5.69 Å². The van der Waals surface area contributed by atoms with Crippen LogP contribution < -0.4 is 4.90 Å². The zero-order valence-corrected chi connectivity index (χ0v) is 13.7. The molecule has 124 valence electrons. The van der Waals surface area contributed by atoms with E-state index < -0.39 is 17.1 Å². The van der Waals surface area contributed by atoms with Crippen LogP contribution in [0.25, 0.3) is 10.8 Å². The minimum absolute atomic E-state index is 0.215. The Bertz CT molecular complexity index is 877. The lowest BCUT2D eigenvalue weighted by atomic mass is 9.73. The fourth-order valence-electron chi connectivity index (χ4n) is 4.63. The first-order chi connectivity index (χ1) is 11.5. The van der Waals surface area contributed by atoms with Crippen LogP contribution in [0.5, 0.6) is 0 Å². The van der Waals surface area contributed by atoms with Crippen molar-refractivity contribution >= 4 is 28.2 Å². The molecule has 1 saturated heterocycles. The zero-order valence-electron chi connectivity index (χ0n) is 13.7. The average molecular weight is 325 g/mol. The second kappa shape index (κ2) is 4.80. The number of carbonyl (C=O) groups is 2.